The van der Waals surface area contributed by atoms with Crippen molar-refractivity contribution in [3.05, 3.63) is 224 Å². The molecule has 11 aromatic carbocycles. The van der Waals surface area contributed by atoms with Crippen molar-refractivity contribution < 1.29 is 0 Å². The van der Waals surface area contributed by atoms with Gasteiger partial charge in [0, 0.05) is 54.5 Å². The largest absolute Gasteiger partial charge is 0.309 e. The minimum atomic E-state index is 1.15. The lowest BCUT2D eigenvalue weighted by atomic mass is 10.0. The maximum Gasteiger partial charge on any atom is 0.0620 e. The molecule has 0 amide bonds. The Balaban J connectivity index is 0.826. The van der Waals surface area contributed by atoms with Crippen LogP contribution in [0.15, 0.2) is 224 Å². The Morgan fingerprint density at radius 2 is 0.662 bits per heavy atom. The highest BCUT2D eigenvalue weighted by Crippen LogP contribution is 2.42. The fourth-order valence-corrected chi connectivity index (χ4v) is 11.4. The summed E-state index contributed by atoms with van der Waals surface area (Å²) in [4.78, 5) is 0. The zero-order valence-electron chi connectivity index (χ0n) is 35.2. The molecule has 0 saturated carbocycles. The maximum absolute atomic E-state index is 2.46. The van der Waals surface area contributed by atoms with Gasteiger partial charge in [0.2, 0.25) is 0 Å². The maximum atomic E-state index is 2.46. The van der Waals surface area contributed by atoms with E-state index in [4.69, 9.17) is 0 Å². The Morgan fingerprint density at radius 1 is 0.215 bits per heavy atom. The third-order valence-corrected chi connectivity index (χ3v) is 14.3. The van der Waals surface area contributed by atoms with Crippen molar-refractivity contribution in [3.8, 4) is 33.6 Å². The van der Waals surface area contributed by atoms with Crippen LogP contribution in [0.4, 0.5) is 0 Å². The molecule has 0 aliphatic carbocycles. The van der Waals surface area contributed by atoms with E-state index in [-0.39, 0.29) is 0 Å². The summed E-state index contributed by atoms with van der Waals surface area (Å²) in [5.41, 5.74) is 15.8. The number of benzene rings is 11. The molecule has 65 heavy (non-hydrogen) atoms. The van der Waals surface area contributed by atoms with E-state index in [9.17, 15) is 0 Å². The molecule has 0 aliphatic heterocycles. The lowest BCUT2D eigenvalue weighted by Crippen LogP contribution is -1.94. The minimum Gasteiger partial charge on any atom is -0.309 e. The summed E-state index contributed by atoms with van der Waals surface area (Å²) in [6.07, 6.45) is 0. The van der Waals surface area contributed by atoms with E-state index in [0.29, 0.717) is 0 Å². The third kappa shape index (κ3) is 4.84. The molecular weight excluding hydrogens is 787 g/mol. The van der Waals surface area contributed by atoms with E-state index in [1.54, 1.807) is 0 Å². The van der Waals surface area contributed by atoms with Crippen molar-refractivity contribution in [1.82, 2.24) is 13.5 Å². The molecule has 15 aromatic rings. The van der Waals surface area contributed by atoms with Gasteiger partial charge in [0.05, 0.1) is 38.6 Å². The summed E-state index contributed by atoms with van der Waals surface area (Å²) in [5, 5.41) is 15.3. The summed E-state index contributed by atoms with van der Waals surface area (Å²) in [6.45, 7) is 0. The normalized spacial score (nSPS) is 12.3. The van der Waals surface area contributed by atoms with Crippen LogP contribution >= 0.6 is 0 Å². The second kappa shape index (κ2) is 12.9. The molecule has 15 rings (SSSR count). The molecule has 4 heterocycles. The summed E-state index contributed by atoms with van der Waals surface area (Å²) in [6, 6.07) is 83.3. The number of nitrogens with zero attached hydrogens (tertiary/aromatic N) is 3. The first-order valence-corrected chi connectivity index (χ1v) is 22.5. The van der Waals surface area contributed by atoms with Gasteiger partial charge >= 0.3 is 0 Å². The van der Waals surface area contributed by atoms with Crippen LogP contribution in [0.3, 0.4) is 0 Å². The smallest absolute Gasteiger partial charge is 0.0620 e. The highest BCUT2D eigenvalue weighted by Gasteiger charge is 2.19. The monoisotopic (exact) mass is 823 g/mol. The molecular formula is C62H37N3. The molecule has 0 saturated heterocycles. The molecule has 0 aliphatic rings. The molecule has 0 atom stereocenters. The number of para-hydroxylation sites is 4. The van der Waals surface area contributed by atoms with Crippen LogP contribution in [0.25, 0.3) is 137 Å². The summed E-state index contributed by atoms with van der Waals surface area (Å²) in [5.74, 6) is 0. The highest BCUT2D eigenvalue weighted by molar-refractivity contribution is 6.23. The fourth-order valence-electron chi connectivity index (χ4n) is 11.4. The zero-order chi connectivity index (χ0) is 42.3. The van der Waals surface area contributed by atoms with Gasteiger partial charge < -0.3 is 13.5 Å². The fraction of sp³-hybridized carbons (Fsp3) is 0. The Kier molecular flexibility index (Phi) is 6.95. The van der Waals surface area contributed by atoms with Crippen molar-refractivity contribution in [2.45, 2.75) is 0 Å². The van der Waals surface area contributed by atoms with Crippen molar-refractivity contribution in [2.75, 3.05) is 0 Å². The lowest BCUT2D eigenvalue weighted by Gasteiger charge is -2.11. The molecule has 0 N–H and O–H groups in total. The number of hydrogen-bond acceptors (Lipinski definition) is 0. The third-order valence-electron chi connectivity index (χ3n) is 14.3. The van der Waals surface area contributed by atoms with Crippen LogP contribution < -0.4 is 0 Å². The number of rotatable bonds is 4. The molecule has 0 bridgehead atoms. The quantitative estimate of drug-likeness (QED) is 0.157. The average molecular weight is 824 g/mol. The van der Waals surface area contributed by atoms with E-state index in [1.807, 2.05) is 0 Å². The van der Waals surface area contributed by atoms with Crippen molar-refractivity contribution in [1.29, 1.82) is 0 Å². The molecule has 3 heteroatoms. The van der Waals surface area contributed by atoms with Crippen LogP contribution in [0.1, 0.15) is 0 Å². The Morgan fingerprint density at radius 3 is 1.35 bits per heavy atom. The summed E-state index contributed by atoms with van der Waals surface area (Å²) >= 11 is 0. The number of aromatic nitrogens is 3. The van der Waals surface area contributed by atoms with E-state index in [0.717, 1.165) is 5.69 Å². The summed E-state index contributed by atoms with van der Waals surface area (Å²) in [7, 11) is 0. The molecule has 0 fully saturated rings. The topological polar surface area (TPSA) is 14.3 Å². The minimum absolute atomic E-state index is 1.15. The molecule has 3 nitrogen and oxygen atoms in total. The van der Waals surface area contributed by atoms with Gasteiger partial charge in [-0.05, 0) is 117 Å². The highest BCUT2D eigenvalue weighted by atomic mass is 15.0. The van der Waals surface area contributed by atoms with E-state index in [1.165, 1.54) is 131 Å². The van der Waals surface area contributed by atoms with Crippen LogP contribution in [0, 0.1) is 0 Å². The van der Waals surface area contributed by atoms with Gasteiger partial charge in [-0.1, -0.05) is 152 Å². The molecule has 0 unspecified atom stereocenters. The Bertz CT molecular complexity index is 4460. The number of fused-ring (bicyclic) bond motifs is 15. The van der Waals surface area contributed by atoms with Crippen molar-refractivity contribution in [3.63, 3.8) is 0 Å². The summed E-state index contributed by atoms with van der Waals surface area (Å²) < 4.78 is 7.31. The van der Waals surface area contributed by atoms with Crippen LogP contribution in [-0.4, -0.2) is 13.5 Å². The zero-order valence-corrected chi connectivity index (χ0v) is 35.2. The standard InChI is InChI=1S/C62H37N3/c1-2-11-46-39(10-1)20-21-43-34-45(29-31-47(43)46)64-57-18-7-5-14-50(57)55-36-41(26-33-60(55)64)40-25-32-59-54(35-40)49-13-4-6-17-56(49)63(59)44-27-22-38(23-28-44)42-24-30-51-53-16-9-15-52-48-12-3-8-19-58(48)65(62(52)53)61(51)37-42/h1-37H. The second-order valence-corrected chi connectivity index (χ2v) is 17.7. The molecule has 0 spiro atoms. The van der Waals surface area contributed by atoms with E-state index < -0.39 is 0 Å². The number of hydrogen-bond donors (Lipinski definition) is 0. The van der Waals surface area contributed by atoms with Gasteiger partial charge in [0.1, 0.15) is 0 Å². The van der Waals surface area contributed by atoms with Gasteiger partial charge in [0.25, 0.3) is 0 Å². The predicted octanol–water partition coefficient (Wildman–Crippen LogP) is 16.7. The lowest BCUT2D eigenvalue weighted by molar-refractivity contribution is 1.18. The average Bonchev–Trinajstić information content (AvgIpc) is 4.10. The molecule has 4 aromatic heterocycles. The first-order valence-electron chi connectivity index (χ1n) is 22.5. The van der Waals surface area contributed by atoms with E-state index in [2.05, 4.69) is 238 Å². The van der Waals surface area contributed by atoms with Gasteiger partial charge in [-0.2, -0.15) is 0 Å². The first-order chi connectivity index (χ1) is 32.2. The van der Waals surface area contributed by atoms with Crippen LogP contribution in [0.2, 0.25) is 0 Å². The van der Waals surface area contributed by atoms with Gasteiger partial charge in [0.15, 0.2) is 0 Å². The molecule has 0 radical (unpaired) electrons. The van der Waals surface area contributed by atoms with Gasteiger partial charge in [-0.3, -0.25) is 0 Å². The Hall–Kier alpha value is -8.66. The van der Waals surface area contributed by atoms with Crippen LogP contribution in [0.5, 0.6) is 0 Å². The molecule has 300 valence electrons. The Labute approximate surface area is 373 Å². The first kappa shape index (κ1) is 34.9. The van der Waals surface area contributed by atoms with Crippen molar-refractivity contribution >= 4 is 103 Å². The van der Waals surface area contributed by atoms with Gasteiger partial charge in [-0.15, -0.1) is 0 Å². The van der Waals surface area contributed by atoms with Crippen LogP contribution in [-0.2, 0) is 0 Å². The second-order valence-electron chi connectivity index (χ2n) is 17.7. The SMILES string of the molecule is c1ccc2c(c1)ccc1cc(-n3c4ccccc4c4cc(-c5ccc6c(c5)c5ccccc5n6-c5ccc(-c6ccc7c8cccc9c%10ccccc%10n(c7c6)c98)cc5)ccc43)ccc12. The van der Waals surface area contributed by atoms with E-state index >= 15 is 0 Å². The predicted molar refractivity (Wildman–Crippen MR) is 276 cm³/mol. The van der Waals surface area contributed by atoms with Gasteiger partial charge in [-0.25, -0.2) is 0 Å². The van der Waals surface area contributed by atoms with Crippen molar-refractivity contribution in [2.24, 2.45) is 0 Å².